The SMILES string of the molecule is COc1ccc(C(=O)Cn2cnc3sc4c(c3c2=O)CC[C@H](C)C4)cc1OC. The Morgan fingerprint density at radius 3 is 2.82 bits per heavy atom. The van der Waals surface area contributed by atoms with Crippen molar-refractivity contribution in [3.8, 4) is 11.5 Å². The van der Waals surface area contributed by atoms with Gasteiger partial charge in [0.25, 0.3) is 5.56 Å². The Bertz CT molecular complexity index is 1120. The molecule has 2 heterocycles. The molecule has 0 saturated carbocycles. The van der Waals surface area contributed by atoms with Crippen LogP contribution in [0, 0.1) is 5.92 Å². The van der Waals surface area contributed by atoms with Crippen LogP contribution in [0.25, 0.3) is 10.2 Å². The third-order valence-corrected chi connectivity index (χ3v) is 6.46. The maximum atomic E-state index is 13.1. The number of thiophene rings is 1. The third-order valence-electron chi connectivity index (χ3n) is 5.30. The van der Waals surface area contributed by atoms with Crippen molar-refractivity contribution in [2.45, 2.75) is 32.7 Å². The number of ketones is 1. The molecule has 0 fully saturated rings. The molecule has 3 aromatic rings. The Balaban J connectivity index is 1.68. The molecule has 146 valence electrons. The van der Waals surface area contributed by atoms with E-state index in [1.165, 1.54) is 22.9 Å². The lowest BCUT2D eigenvalue weighted by Gasteiger charge is -2.17. The number of hydrogen-bond acceptors (Lipinski definition) is 6. The van der Waals surface area contributed by atoms with Crippen LogP contribution in [0.1, 0.15) is 34.1 Å². The molecule has 0 saturated heterocycles. The standard InChI is InChI=1S/C21H22N2O4S/c1-12-4-6-14-18(8-12)28-20-19(14)21(25)23(11-22-20)10-15(24)13-5-7-16(26-2)17(9-13)27-3/h5,7,9,11-12H,4,6,8,10H2,1-3H3/t12-/m0/s1. The van der Waals surface area contributed by atoms with Gasteiger partial charge in [-0.3, -0.25) is 14.2 Å². The fourth-order valence-electron chi connectivity index (χ4n) is 3.73. The van der Waals surface area contributed by atoms with Gasteiger partial charge in [0.1, 0.15) is 4.83 Å². The molecule has 0 amide bonds. The number of rotatable bonds is 5. The first-order valence-corrected chi connectivity index (χ1v) is 10.1. The predicted octanol–water partition coefficient (Wildman–Crippen LogP) is 3.48. The fraction of sp³-hybridized carbons (Fsp3) is 0.381. The predicted molar refractivity (Wildman–Crippen MR) is 109 cm³/mol. The van der Waals surface area contributed by atoms with Crippen molar-refractivity contribution in [3.63, 3.8) is 0 Å². The molecule has 1 aliphatic rings. The quantitative estimate of drug-likeness (QED) is 0.616. The molecule has 0 unspecified atom stereocenters. The molecule has 1 aliphatic carbocycles. The van der Waals surface area contributed by atoms with Gasteiger partial charge in [0.15, 0.2) is 17.3 Å². The molecule has 2 aromatic heterocycles. The Hall–Kier alpha value is -2.67. The lowest BCUT2D eigenvalue weighted by molar-refractivity contribution is 0.0970. The second-order valence-electron chi connectivity index (χ2n) is 7.20. The molecule has 1 atom stereocenters. The fourth-order valence-corrected chi connectivity index (χ4v) is 5.08. The number of ether oxygens (including phenoxy) is 2. The van der Waals surface area contributed by atoms with Crippen molar-refractivity contribution >= 4 is 27.3 Å². The number of fused-ring (bicyclic) bond motifs is 3. The highest BCUT2D eigenvalue weighted by molar-refractivity contribution is 7.18. The van der Waals surface area contributed by atoms with E-state index in [2.05, 4.69) is 11.9 Å². The summed E-state index contributed by atoms with van der Waals surface area (Å²) in [7, 11) is 3.07. The molecule has 1 aromatic carbocycles. The number of Topliss-reactive ketones (excluding diaryl/α,β-unsaturated/α-hetero) is 1. The monoisotopic (exact) mass is 398 g/mol. The summed E-state index contributed by atoms with van der Waals surface area (Å²) >= 11 is 1.61. The van der Waals surface area contributed by atoms with Crippen LogP contribution in [-0.4, -0.2) is 29.6 Å². The number of aromatic nitrogens is 2. The topological polar surface area (TPSA) is 70.4 Å². The molecule has 7 heteroatoms. The van der Waals surface area contributed by atoms with E-state index >= 15 is 0 Å². The molecule has 0 spiro atoms. The van der Waals surface area contributed by atoms with Gasteiger partial charge in [-0.1, -0.05) is 6.92 Å². The van der Waals surface area contributed by atoms with E-state index in [0.717, 1.165) is 29.7 Å². The summed E-state index contributed by atoms with van der Waals surface area (Å²) in [4.78, 5) is 32.3. The van der Waals surface area contributed by atoms with E-state index in [9.17, 15) is 9.59 Å². The Kier molecular flexibility index (Phi) is 4.93. The Morgan fingerprint density at radius 2 is 2.07 bits per heavy atom. The largest absolute Gasteiger partial charge is 0.493 e. The normalized spacial score (nSPS) is 16.0. The van der Waals surface area contributed by atoms with Gasteiger partial charge >= 0.3 is 0 Å². The average Bonchev–Trinajstić information content (AvgIpc) is 3.07. The summed E-state index contributed by atoms with van der Waals surface area (Å²) in [5.41, 5.74) is 1.46. The van der Waals surface area contributed by atoms with Gasteiger partial charge in [-0.15, -0.1) is 11.3 Å². The van der Waals surface area contributed by atoms with Gasteiger partial charge in [0.2, 0.25) is 0 Å². The zero-order valence-electron chi connectivity index (χ0n) is 16.2. The third kappa shape index (κ3) is 3.20. The van der Waals surface area contributed by atoms with Crippen LogP contribution in [0.5, 0.6) is 11.5 Å². The highest BCUT2D eigenvalue weighted by atomic mass is 32.1. The summed E-state index contributed by atoms with van der Waals surface area (Å²) in [5.74, 6) is 1.49. The van der Waals surface area contributed by atoms with Gasteiger partial charge in [-0.25, -0.2) is 4.98 Å². The van der Waals surface area contributed by atoms with Crippen molar-refractivity contribution in [2.24, 2.45) is 5.92 Å². The smallest absolute Gasteiger partial charge is 0.262 e. The number of methoxy groups -OCH3 is 2. The maximum absolute atomic E-state index is 13.1. The molecule has 28 heavy (non-hydrogen) atoms. The summed E-state index contributed by atoms with van der Waals surface area (Å²) in [6.07, 6.45) is 4.47. The van der Waals surface area contributed by atoms with Crippen LogP contribution in [0.2, 0.25) is 0 Å². The van der Waals surface area contributed by atoms with Gasteiger partial charge in [-0.2, -0.15) is 0 Å². The second kappa shape index (κ2) is 7.39. The molecule has 0 bridgehead atoms. The lowest BCUT2D eigenvalue weighted by atomic mass is 9.89. The minimum Gasteiger partial charge on any atom is -0.493 e. The molecule has 6 nitrogen and oxygen atoms in total. The maximum Gasteiger partial charge on any atom is 0.262 e. The van der Waals surface area contributed by atoms with Crippen LogP contribution in [0.4, 0.5) is 0 Å². The number of hydrogen-bond donors (Lipinski definition) is 0. The van der Waals surface area contributed by atoms with Gasteiger partial charge in [0.05, 0.1) is 32.5 Å². The van der Waals surface area contributed by atoms with E-state index in [4.69, 9.17) is 9.47 Å². The molecular weight excluding hydrogens is 376 g/mol. The summed E-state index contributed by atoms with van der Waals surface area (Å²) < 4.78 is 11.9. The Labute approximate surface area is 166 Å². The van der Waals surface area contributed by atoms with Crippen molar-refractivity contribution in [3.05, 3.63) is 50.9 Å². The first kappa shape index (κ1) is 18.7. The summed E-state index contributed by atoms with van der Waals surface area (Å²) in [6, 6.07) is 4.99. The van der Waals surface area contributed by atoms with Crippen molar-refractivity contribution in [1.82, 2.24) is 9.55 Å². The van der Waals surface area contributed by atoms with Crippen LogP contribution in [0.15, 0.2) is 29.3 Å². The number of carbonyl (C=O) groups is 1. The number of nitrogens with zero attached hydrogens (tertiary/aromatic N) is 2. The summed E-state index contributed by atoms with van der Waals surface area (Å²) in [6.45, 7) is 2.18. The van der Waals surface area contributed by atoms with E-state index in [1.807, 2.05) is 0 Å². The minimum absolute atomic E-state index is 0.0573. The molecule has 0 N–H and O–H groups in total. The molecule has 0 aliphatic heterocycles. The van der Waals surface area contributed by atoms with Gasteiger partial charge in [0, 0.05) is 10.4 Å². The van der Waals surface area contributed by atoms with Crippen molar-refractivity contribution in [2.75, 3.05) is 14.2 Å². The highest BCUT2D eigenvalue weighted by Gasteiger charge is 2.23. The first-order chi connectivity index (χ1) is 13.5. The Morgan fingerprint density at radius 1 is 1.29 bits per heavy atom. The van der Waals surface area contributed by atoms with E-state index in [1.54, 1.807) is 36.6 Å². The zero-order valence-corrected chi connectivity index (χ0v) is 17.0. The number of aryl methyl sites for hydroxylation is 1. The van der Waals surface area contributed by atoms with Gasteiger partial charge in [-0.05, 0) is 48.9 Å². The second-order valence-corrected chi connectivity index (χ2v) is 8.29. The van der Waals surface area contributed by atoms with E-state index in [-0.39, 0.29) is 17.9 Å². The van der Waals surface area contributed by atoms with E-state index < -0.39 is 0 Å². The minimum atomic E-state index is -0.179. The van der Waals surface area contributed by atoms with Crippen LogP contribution in [0.3, 0.4) is 0 Å². The number of benzene rings is 1. The van der Waals surface area contributed by atoms with Crippen LogP contribution in [-0.2, 0) is 19.4 Å². The lowest BCUT2D eigenvalue weighted by Crippen LogP contribution is -2.25. The highest BCUT2D eigenvalue weighted by Crippen LogP contribution is 2.35. The first-order valence-electron chi connectivity index (χ1n) is 9.26. The van der Waals surface area contributed by atoms with Gasteiger partial charge < -0.3 is 9.47 Å². The molecule has 0 radical (unpaired) electrons. The van der Waals surface area contributed by atoms with Crippen LogP contribution < -0.4 is 15.0 Å². The average molecular weight is 398 g/mol. The number of carbonyl (C=O) groups excluding carboxylic acids is 1. The van der Waals surface area contributed by atoms with Crippen molar-refractivity contribution in [1.29, 1.82) is 0 Å². The van der Waals surface area contributed by atoms with Crippen LogP contribution >= 0.6 is 11.3 Å². The summed E-state index contributed by atoms with van der Waals surface area (Å²) in [5, 5.41) is 0.689. The molecular formula is C21H22N2O4S. The zero-order chi connectivity index (χ0) is 19.8. The van der Waals surface area contributed by atoms with Crippen molar-refractivity contribution < 1.29 is 14.3 Å². The van der Waals surface area contributed by atoms with E-state index in [0.29, 0.717) is 28.4 Å². The molecule has 4 rings (SSSR count).